The summed E-state index contributed by atoms with van der Waals surface area (Å²) in [7, 11) is 0. The van der Waals surface area contributed by atoms with Gasteiger partial charge in [0.1, 0.15) is 12.1 Å². The Bertz CT molecular complexity index is 585. The van der Waals surface area contributed by atoms with Crippen LogP contribution in [0, 0.1) is 5.92 Å². The summed E-state index contributed by atoms with van der Waals surface area (Å²) >= 11 is 0. The van der Waals surface area contributed by atoms with Crippen LogP contribution in [-0.4, -0.2) is 39.4 Å². The molecule has 0 spiro atoms. The number of carboxylic acids is 1. The number of nitrogens with one attached hydrogen (secondary N) is 1. The number of ether oxygens (including phenoxy) is 1. The second-order valence-electron chi connectivity index (χ2n) is 6.88. The van der Waals surface area contributed by atoms with E-state index in [1.807, 2.05) is 31.5 Å². The first kappa shape index (κ1) is 19.4. The van der Waals surface area contributed by atoms with Crippen LogP contribution in [0.2, 0.25) is 0 Å². The van der Waals surface area contributed by atoms with Crippen molar-refractivity contribution in [3.63, 3.8) is 0 Å². The molecule has 1 aliphatic heterocycles. The molecule has 0 aliphatic carbocycles. The highest BCUT2D eigenvalue weighted by molar-refractivity contribution is 5.85. The SMILES string of the molecule is CCCCC(NC(=O)[C@@H]1CCCO[C@H]1c1ccnn1C(C)C)C(=O)O. The smallest absolute Gasteiger partial charge is 0.326 e. The monoisotopic (exact) mass is 351 g/mol. The van der Waals surface area contributed by atoms with Gasteiger partial charge in [0.2, 0.25) is 5.91 Å². The summed E-state index contributed by atoms with van der Waals surface area (Å²) in [4.78, 5) is 24.2. The summed E-state index contributed by atoms with van der Waals surface area (Å²) in [6.45, 7) is 6.65. The Morgan fingerprint density at radius 1 is 1.48 bits per heavy atom. The highest BCUT2D eigenvalue weighted by Crippen LogP contribution is 2.34. The third-order valence-electron chi connectivity index (χ3n) is 4.60. The number of carbonyl (C=O) groups excluding carboxylic acids is 1. The summed E-state index contributed by atoms with van der Waals surface area (Å²) in [5.74, 6) is -1.63. The van der Waals surface area contributed by atoms with Crippen molar-refractivity contribution in [3.8, 4) is 0 Å². The molecule has 7 nitrogen and oxygen atoms in total. The van der Waals surface area contributed by atoms with Crippen molar-refractivity contribution in [2.45, 2.75) is 71.1 Å². The lowest BCUT2D eigenvalue weighted by molar-refractivity contribution is -0.145. The molecule has 1 amide bonds. The van der Waals surface area contributed by atoms with Gasteiger partial charge in [0.25, 0.3) is 0 Å². The topological polar surface area (TPSA) is 93.5 Å². The lowest BCUT2D eigenvalue weighted by Crippen LogP contribution is -2.46. The van der Waals surface area contributed by atoms with E-state index in [2.05, 4.69) is 10.4 Å². The van der Waals surface area contributed by atoms with Crippen LogP contribution in [0.1, 0.15) is 70.7 Å². The number of hydrogen-bond acceptors (Lipinski definition) is 4. The van der Waals surface area contributed by atoms with Crippen molar-refractivity contribution >= 4 is 11.9 Å². The summed E-state index contributed by atoms with van der Waals surface area (Å²) in [5.41, 5.74) is 0.871. The van der Waals surface area contributed by atoms with Crippen LogP contribution in [0.3, 0.4) is 0 Å². The predicted molar refractivity (Wildman–Crippen MR) is 93.1 cm³/mol. The van der Waals surface area contributed by atoms with Crippen LogP contribution in [0.25, 0.3) is 0 Å². The van der Waals surface area contributed by atoms with Gasteiger partial charge in [0.05, 0.1) is 11.6 Å². The maximum Gasteiger partial charge on any atom is 0.326 e. The Labute approximate surface area is 148 Å². The molecule has 1 aliphatic rings. The molecule has 1 aromatic rings. The van der Waals surface area contributed by atoms with E-state index in [0.717, 1.165) is 25.0 Å². The predicted octanol–water partition coefficient (Wildman–Crippen LogP) is 2.69. The molecule has 2 heterocycles. The number of hydrogen-bond donors (Lipinski definition) is 2. The zero-order chi connectivity index (χ0) is 18.4. The van der Waals surface area contributed by atoms with Crippen LogP contribution in [0.15, 0.2) is 12.3 Å². The van der Waals surface area contributed by atoms with E-state index >= 15 is 0 Å². The number of nitrogens with zero attached hydrogens (tertiary/aromatic N) is 2. The van der Waals surface area contributed by atoms with Crippen LogP contribution >= 0.6 is 0 Å². The number of amides is 1. The van der Waals surface area contributed by atoms with E-state index in [4.69, 9.17) is 4.74 Å². The molecule has 1 saturated heterocycles. The Kier molecular flexibility index (Phi) is 6.99. The fraction of sp³-hybridized carbons (Fsp3) is 0.722. The summed E-state index contributed by atoms with van der Waals surface area (Å²) in [5, 5.41) is 16.4. The number of rotatable bonds is 8. The molecule has 7 heteroatoms. The lowest BCUT2D eigenvalue weighted by atomic mass is 9.90. The fourth-order valence-corrected chi connectivity index (χ4v) is 3.27. The molecule has 140 valence electrons. The number of carboxylic acid groups (broad SMARTS) is 1. The van der Waals surface area contributed by atoms with Crippen LogP contribution in [0.4, 0.5) is 0 Å². The highest BCUT2D eigenvalue weighted by atomic mass is 16.5. The minimum Gasteiger partial charge on any atom is -0.480 e. The number of aromatic nitrogens is 2. The fourth-order valence-electron chi connectivity index (χ4n) is 3.27. The van der Waals surface area contributed by atoms with Crippen molar-refractivity contribution in [1.82, 2.24) is 15.1 Å². The Balaban J connectivity index is 2.15. The van der Waals surface area contributed by atoms with E-state index < -0.39 is 17.9 Å². The summed E-state index contributed by atoms with van der Waals surface area (Å²) in [6.07, 6.45) is 4.89. The lowest BCUT2D eigenvalue weighted by Gasteiger charge is -2.32. The van der Waals surface area contributed by atoms with E-state index in [1.165, 1.54) is 0 Å². The average Bonchev–Trinajstić information content (AvgIpc) is 3.08. The van der Waals surface area contributed by atoms with Crippen molar-refractivity contribution in [2.75, 3.05) is 6.61 Å². The molecule has 1 unspecified atom stereocenters. The van der Waals surface area contributed by atoms with Crippen LogP contribution in [0.5, 0.6) is 0 Å². The van der Waals surface area contributed by atoms with Crippen molar-refractivity contribution in [3.05, 3.63) is 18.0 Å². The second kappa shape index (κ2) is 8.99. The van der Waals surface area contributed by atoms with Gasteiger partial charge in [-0.3, -0.25) is 9.48 Å². The Hall–Kier alpha value is -1.89. The van der Waals surface area contributed by atoms with E-state index in [9.17, 15) is 14.7 Å². The zero-order valence-corrected chi connectivity index (χ0v) is 15.3. The molecule has 0 bridgehead atoms. The Morgan fingerprint density at radius 2 is 2.24 bits per heavy atom. The molecule has 3 atom stereocenters. The van der Waals surface area contributed by atoms with E-state index in [0.29, 0.717) is 19.4 Å². The van der Waals surface area contributed by atoms with E-state index in [-0.39, 0.29) is 18.1 Å². The first-order valence-electron chi connectivity index (χ1n) is 9.13. The van der Waals surface area contributed by atoms with Crippen LogP contribution < -0.4 is 5.32 Å². The molecule has 0 aromatic carbocycles. The zero-order valence-electron chi connectivity index (χ0n) is 15.3. The number of aliphatic carboxylic acids is 1. The molecular formula is C18H29N3O4. The van der Waals surface area contributed by atoms with Crippen molar-refractivity contribution in [2.24, 2.45) is 5.92 Å². The maximum atomic E-state index is 12.8. The summed E-state index contributed by atoms with van der Waals surface area (Å²) < 4.78 is 7.76. The van der Waals surface area contributed by atoms with Crippen molar-refractivity contribution < 1.29 is 19.4 Å². The second-order valence-corrected chi connectivity index (χ2v) is 6.88. The largest absolute Gasteiger partial charge is 0.480 e. The quantitative estimate of drug-likeness (QED) is 0.751. The molecule has 1 fully saturated rings. The highest BCUT2D eigenvalue weighted by Gasteiger charge is 2.36. The molecule has 2 rings (SSSR count). The third-order valence-corrected chi connectivity index (χ3v) is 4.60. The van der Waals surface area contributed by atoms with Gasteiger partial charge in [0, 0.05) is 18.8 Å². The van der Waals surface area contributed by atoms with Gasteiger partial charge < -0.3 is 15.2 Å². The number of carbonyl (C=O) groups is 2. The van der Waals surface area contributed by atoms with Gasteiger partial charge in [-0.2, -0.15) is 5.10 Å². The minimum absolute atomic E-state index is 0.163. The molecular weight excluding hydrogens is 322 g/mol. The minimum atomic E-state index is -0.984. The van der Waals surface area contributed by atoms with Gasteiger partial charge in [-0.05, 0) is 39.2 Å². The van der Waals surface area contributed by atoms with Gasteiger partial charge in [-0.1, -0.05) is 19.8 Å². The molecule has 0 saturated carbocycles. The standard InChI is InChI=1S/C18H29N3O4/c1-4-5-8-14(18(23)24)20-17(22)13-7-6-11-25-16(13)15-9-10-19-21(15)12(2)3/h9-10,12-14,16H,4-8,11H2,1-3H3,(H,20,22)(H,23,24)/t13-,14?,16-/m1/s1. The van der Waals surface area contributed by atoms with Gasteiger partial charge in [0.15, 0.2) is 0 Å². The first-order valence-corrected chi connectivity index (χ1v) is 9.13. The van der Waals surface area contributed by atoms with Crippen LogP contribution in [-0.2, 0) is 14.3 Å². The molecule has 25 heavy (non-hydrogen) atoms. The molecule has 1 aromatic heterocycles. The molecule has 2 N–H and O–H groups in total. The van der Waals surface area contributed by atoms with Gasteiger partial charge in [-0.25, -0.2) is 4.79 Å². The first-order chi connectivity index (χ1) is 12.0. The molecule has 0 radical (unpaired) electrons. The van der Waals surface area contributed by atoms with E-state index in [1.54, 1.807) is 6.20 Å². The average molecular weight is 351 g/mol. The maximum absolute atomic E-state index is 12.8. The summed E-state index contributed by atoms with van der Waals surface area (Å²) in [6, 6.07) is 1.20. The van der Waals surface area contributed by atoms with Gasteiger partial charge >= 0.3 is 5.97 Å². The van der Waals surface area contributed by atoms with Crippen molar-refractivity contribution in [1.29, 1.82) is 0 Å². The van der Waals surface area contributed by atoms with Gasteiger partial charge in [-0.15, -0.1) is 0 Å². The number of unbranched alkanes of at least 4 members (excludes halogenated alkanes) is 1. The Morgan fingerprint density at radius 3 is 2.88 bits per heavy atom. The third kappa shape index (κ3) is 4.81. The normalized spacial score (nSPS) is 21.9.